The smallest absolute Gasteiger partial charge is 0.273 e. The number of hydrogen-bond acceptors (Lipinski definition) is 10. The van der Waals surface area contributed by atoms with Gasteiger partial charge in [0.15, 0.2) is 11.5 Å². The van der Waals surface area contributed by atoms with E-state index in [-0.39, 0.29) is 29.4 Å². The van der Waals surface area contributed by atoms with Crippen LogP contribution in [0.25, 0.3) is 0 Å². The van der Waals surface area contributed by atoms with Gasteiger partial charge in [-0.15, -0.1) is 21.5 Å². The molecule has 204 valence electrons. The Hall–Kier alpha value is -3.81. The van der Waals surface area contributed by atoms with Crippen LogP contribution in [0.1, 0.15) is 43.4 Å². The number of nitrogens with zero attached hydrogens (tertiary/aromatic N) is 5. The van der Waals surface area contributed by atoms with Crippen molar-refractivity contribution in [3.05, 3.63) is 56.9 Å². The van der Waals surface area contributed by atoms with Crippen molar-refractivity contribution in [2.24, 2.45) is 5.73 Å². The van der Waals surface area contributed by atoms with E-state index >= 15 is 0 Å². The number of benzene rings is 1. The fourth-order valence-electron chi connectivity index (χ4n) is 4.46. The molecule has 0 aliphatic carbocycles. The van der Waals surface area contributed by atoms with Crippen LogP contribution in [-0.2, 0) is 4.74 Å². The maximum absolute atomic E-state index is 12.7. The fourth-order valence-corrected chi connectivity index (χ4v) is 5.40. The summed E-state index contributed by atoms with van der Waals surface area (Å²) in [7, 11) is 0. The molecule has 2 aliphatic rings. The van der Waals surface area contributed by atoms with E-state index < -0.39 is 5.91 Å². The predicted octanol–water partition coefficient (Wildman–Crippen LogP) is 2.30. The monoisotopic (exact) mass is 570 g/mol. The van der Waals surface area contributed by atoms with Crippen molar-refractivity contribution in [3.8, 4) is 0 Å². The van der Waals surface area contributed by atoms with Gasteiger partial charge in [0, 0.05) is 43.5 Å². The lowest BCUT2D eigenvalue weighted by Gasteiger charge is -2.33. The van der Waals surface area contributed by atoms with Gasteiger partial charge >= 0.3 is 0 Å². The number of amides is 3. The molecule has 3 aromatic rings. The van der Waals surface area contributed by atoms with Crippen LogP contribution < -0.4 is 21.3 Å². The number of morpholine rings is 1. The maximum atomic E-state index is 12.7. The number of aromatic nitrogens is 3. The molecule has 0 unspecified atom stereocenters. The van der Waals surface area contributed by atoms with Crippen LogP contribution in [0, 0.1) is 0 Å². The Labute approximate surface area is 233 Å². The molecular weight excluding hydrogens is 544 g/mol. The molecule has 2 aliphatic heterocycles. The van der Waals surface area contributed by atoms with Crippen molar-refractivity contribution in [1.82, 2.24) is 25.4 Å². The second-order valence-corrected chi connectivity index (χ2v) is 10.9. The summed E-state index contributed by atoms with van der Waals surface area (Å²) in [5, 5.41) is 14.3. The molecule has 39 heavy (non-hydrogen) atoms. The largest absolute Gasteiger partial charge is 0.378 e. The van der Waals surface area contributed by atoms with Crippen molar-refractivity contribution in [3.63, 3.8) is 0 Å². The van der Waals surface area contributed by atoms with Crippen LogP contribution in [-0.4, -0.2) is 83.2 Å². The molecular formula is C25H27ClN8O4S. The molecule has 1 aromatic carbocycles. The number of ether oxygens (including phenoxy) is 1. The Morgan fingerprint density at radius 1 is 1.05 bits per heavy atom. The van der Waals surface area contributed by atoms with Gasteiger partial charge in [-0.3, -0.25) is 14.4 Å². The minimum Gasteiger partial charge on any atom is -0.378 e. The number of halogens is 1. The first-order chi connectivity index (χ1) is 18.9. The highest BCUT2D eigenvalue weighted by molar-refractivity contribution is 7.18. The third-order valence-electron chi connectivity index (χ3n) is 6.44. The van der Waals surface area contributed by atoms with Gasteiger partial charge in [0.05, 0.1) is 22.4 Å². The van der Waals surface area contributed by atoms with Crippen LogP contribution >= 0.6 is 22.9 Å². The number of nitrogens with two attached hydrogens (primary N) is 1. The minimum absolute atomic E-state index is 0.0671. The van der Waals surface area contributed by atoms with Gasteiger partial charge in [0.2, 0.25) is 5.95 Å². The third-order valence-corrected chi connectivity index (χ3v) is 7.67. The summed E-state index contributed by atoms with van der Waals surface area (Å²) >= 11 is 7.18. The van der Waals surface area contributed by atoms with E-state index in [1.165, 1.54) is 11.3 Å². The molecule has 2 fully saturated rings. The summed E-state index contributed by atoms with van der Waals surface area (Å²) in [6.07, 6.45) is 1.60. The third kappa shape index (κ3) is 6.44. The minimum atomic E-state index is -0.776. The van der Waals surface area contributed by atoms with E-state index in [2.05, 4.69) is 25.8 Å². The summed E-state index contributed by atoms with van der Waals surface area (Å²) < 4.78 is 5.86. The highest BCUT2D eigenvalue weighted by Gasteiger charge is 2.26. The van der Waals surface area contributed by atoms with Crippen molar-refractivity contribution >= 4 is 58.1 Å². The number of carbonyl (C=O) groups excluding carboxylic acids is 3. The molecule has 3 amide bonds. The van der Waals surface area contributed by atoms with Crippen LogP contribution in [0.3, 0.4) is 0 Å². The second-order valence-electron chi connectivity index (χ2n) is 9.14. The molecule has 14 heteroatoms. The number of anilines is 3. The summed E-state index contributed by atoms with van der Waals surface area (Å²) in [5.41, 5.74) is 6.56. The van der Waals surface area contributed by atoms with Crippen LogP contribution in [0.5, 0.6) is 0 Å². The number of hydrogen-bond donors (Lipinski definition) is 3. The van der Waals surface area contributed by atoms with Gasteiger partial charge in [0.1, 0.15) is 0 Å². The fraction of sp³-hybridized carbons (Fsp3) is 0.360. The lowest BCUT2D eigenvalue weighted by Crippen LogP contribution is -2.48. The molecule has 0 saturated carbocycles. The van der Waals surface area contributed by atoms with Gasteiger partial charge in [-0.2, -0.15) is 4.98 Å². The van der Waals surface area contributed by atoms with Gasteiger partial charge in [-0.25, -0.2) is 0 Å². The van der Waals surface area contributed by atoms with Gasteiger partial charge in [0.25, 0.3) is 17.7 Å². The van der Waals surface area contributed by atoms with Crippen molar-refractivity contribution in [1.29, 1.82) is 0 Å². The summed E-state index contributed by atoms with van der Waals surface area (Å²) in [6, 6.07) is 10.1. The summed E-state index contributed by atoms with van der Waals surface area (Å²) in [5.74, 6) is -0.567. The van der Waals surface area contributed by atoms with Crippen LogP contribution in [0.2, 0.25) is 4.34 Å². The molecule has 2 saturated heterocycles. The van der Waals surface area contributed by atoms with E-state index in [1.807, 2.05) is 4.90 Å². The van der Waals surface area contributed by atoms with Crippen LogP contribution in [0.4, 0.5) is 17.5 Å². The number of nitrogens with one attached hydrogen (secondary N) is 2. The molecule has 1 atom stereocenters. The Bertz CT molecular complexity index is 1360. The first-order valence-corrected chi connectivity index (χ1v) is 13.7. The zero-order valence-corrected chi connectivity index (χ0v) is 22.5. The van der Waals surface area contributed by atoms with Crippen molar-refractivity contribution in [2.75, 3.05) is 49.6 Å². The van der Waals surface area contributed by atoms with E-state index in [1.54, 1.807) is 41.3 Å². The molecule has 0 spiro atoms. The van der Waals surface area contributed by atoms with E-state index in [0.717, 1.165) is 12.8 Å². The Morgan fingerprint density at radius 2 is 1.82 bits per heavy atom. The molecule has 5 rings (SSSR count). The zero-order valence-electron chi connectivity index (χ0n) is 20.9. The quantitative estimate of drug-likeness (QED) is 0.388. The average molecular weight is 571 g/mol. The SMILES string of the molecule is NC(=O)c1nnc(N2CCC[C@@H](NC(=O)c3ccc(Cl)s3)C2)nc1Nc1ccc(C(=O)N2CCOCC2)cc1. The number of thiophene rings is 1. The van der Waals surface area contributed by atoms with Crippen molar-refractivity contribution < 1.29 is 19.1 Å². The predicted molar refractivity (Wildman–Crippen MR) is 147 cm³/mol. The Balaban J connectivity index is 1.28. The first-order valence-electron chi connectivity index (χ1n) is 12.5. The van der Waals surface area contributed by atoms with Gasteiger partial charge in [-0.1, -0.05) is 11.6 Å². The summed E-state index contributed by atoms with van der Waals surface area (Å²) in [6.45, 7) is 3.29. The van der Waals surface area contributed by atoms with E-state index in [9.17, 15) is 14.4 Å². The molecule has 0 radical (unpaired) electrons. The highest BCUT2D eigenvalue weighted by atomic mass is 35.5. The normalized spacial score (nSPS) is 17.5. The molecule has 0 bridgehead atoms. The topological polar surface area (TPSA) is 156 Å². The zero-order chi connectivity index (χ0) is 27.4. The van der Waals surface area contributed by atoms with E-state index in [4.69, 9.17) is 22.1 Å². The Morgan fingerprint density at radius 3 is 2.51 bits per heavy atom. The lowest BCUT2D eigenvalue weighted by molar-refractivity contribution is 0.0303. The Kier molecular flexibility index (Phi) is 8.19. The maximum Gasteiger partial charge on any atom is 0.273 e. The summed E-state index contributed by atoms with van der Waals surface area (Å²) in [4.78, 5) is 46.1. The molecule has 4 N–H and O–H groups in total. The molecule has 2 aromatic heterocycles. The average Bonchev–Trinajstić information content (AvgIpc) is 3.40. The first kappa shape index (κ1) is 26.8. The van der Waals surface area contributed by atoms with Gasteiger partial charge < -0.3 is 30.9 Å². The second kappa shape index (κ2) is 11.9. The van der Waals surface area contributed by atoms with Crippen LogP contribution in [0.15, 0.2) is 36.4 Å². The number of piperidine rings is 1. The van der Waals surface area contributed by atoms with E-state index in [0.29, 0.717) is 65.8 Å². The standard InChI is InChI=1S/C25H27ClN8O4S/c26-19-8-7-18(39-19)23(36)29-17-2-1-9-34(14-17)25-30-22(20(21(27)35)31-32-25)28-16-5-3-15(4-6-16)24(37)33-10-12-38-13-11-33/h3-8,17H,1-2,9-14H2,(H2,27,35)(H,29,36)(H,28,30,32)/t17-/m1/s1. The van der Waals surface area contributed by atoms with Crippen molar-refractivity contribution in [2.45, 2.75) is 18.9 Å². The number of primary amides is 1. The number of rotatable bonds is 7. The highest BCUT2D eigenvalue weighted by Crippen LogP contribution is 2.24. The van der Waals surface area contributed by atoms with Gasteiger partial charge in [-0.05, 0) is 49.2 Å². The lowest BCUT2D eigenvalue weighted by atomic mass is 10.1. The number of carbonyl (C=O) groups is 3. The molecule has 12 nitrogen and oxygen atoms in total. The molecule has 4 heterocycles.